The molecule has 0 aliphatic carbocycles. The number of nitrogens with zero attached hydrogens (tertiary/aromatic N) is 3. The van der Waals surface area contributed by atoms with Gasteiger partial charge in [-0.3, -0.25) is 10.1 Å². The number of methoxy groups -OCH3 is 1. The molecule has 0 unspecified atom stereocenters. The summed E-state index contributed by atoms with van der Waals surface area (Å²) in [5.74, 6) is -0.505. The van der Waals surface area contributed by atoms with E-state index in [1.54, 1.807) is 24.3 Å². The van der Waals surface area contributed by atoms with Gasteiger partial charge in [0.2, 0.25) is 0 Å². The number of carbonyl (C=O) groups excluding carboxylic acids is 1. The molecular formula is C14H9N3O4S. The molecule has 0 amide bonds. The van der Waals surface area contributed by atoms with Gasteiger partial charge in [0.25, 0.3) is 5.69 Å². The smallest absolute Gasteiger partial charge is 0.339 e. The van der Waals surface area contributed by atoms with E-state index in [1.165, 1.54) is 30.7 Å². The number of pyridine rings is 1. The van der Waals surface area contributed by atoms with Crippen LogP contribution in [-0.2, 0) is 4.74 Å². The summed E-state index contributed by atoms with van der Waals surface area (Å²) in [6.45, 7) is 0. The molecule has 3 aromatic rings. The Morgan fingerprint density at radius 2 is 2.14 bits per heavy atom. The van der Waals surface area contributed by atoms with Gasteiger partial charge >= 0.3 is 5.97 Å². The van der Waals surface area contributed by atoms with Crippen molar-refractivity contribution in [3.8, 4) is 10.6 Å². The van der Waals surface area contributed by atoms with Crippen LogP contribution in [0.3, 0.4) is 0 Å². The number of nitro benzene ring substituents is 1. The van der Waals surface area contributed by atoms with Gasteiger partial charge in [-0.1, -0.05) is 23.5 Å². The minimum atomic E-state index is -0.505. The number of hydrogen-bond donors (Lipinski definition) is 0. The summed E-state index contributed by atoms with van der Waals surface area (Å²) in [5.41, 5.74) is 1.19. The lowest BCUT2D eigenvalue weighted by Gasteiger charge is -1.97. The first-order valence-electron chi connectivity index (χ1n) is 6.19. The number of thiazole rings is 1. The van der Waals surface area contributed by atoms with Gasteiger partial charge in [-0.25, -0.2) is 14.8 Å². The Labute approximate surface area is 128 Å². The topological polar surface area (TPSA) is 95.2 Å². The molecule has 1 aromatic carbocycles. The van der Waals surface area contributed by atoms with Crippen LogP contribution in [0.5, 0.6) is 0 Å². The van der Waals surface area contributed by atoms with Crippen LogP contribution in [0.4, 0.5) is 5.69 Å². The molecule has 22 heavy (non-hydrogen) atoms. The first-order chi connectivity index (χ1) is 10.6. The molecule has 0 spiro atoms. The number of para-hydroxylation sites is 1. The highest BCUT2D eigenvalue weighted by Crippen LogP contribution is 2.34. The van der Waals surface area contributed by atoms with Gasteiger partial charge in [-0.2, -0.15) is 0 Å². The average molecular weight is 315 g/mol. The maximum Gasteiger partial charge on any atom is 0.339 e. The van der Waals surface area contributed by atoms with E-state index < -0.39 is 10.9 Å². The summed E-state index contributed by atoms with van der Waals surface area (Å²) in [6, 6.07) is 7.93. The summed E-state index contributed by atoms with van der Waals surface area (Å²) in [6.07, 6.45) is 1.40. The third-order valence-corrected chi connectivity index (χ3v) is 4.01. The number of fused-ring (bicyclic) bond motifs is 1. The highest BCUT2D eigenvalue weighted by Gasteiger charge is 2.18. The van der Waals surface area contributed by atoms with Crippen molar-refractivity contribution in [2.45, 2.75) is 0 Å². The first-order valence-corrected chi connectivity index (χ1v) is 7.00. The Morgan fingerprint density at radius 1 is 1.36 bits per heavy atom. The SMILES string of the molecule is COC(=O)c1cnc2sc(-c3ccccc3[N+](=O)[O-])nc2c1. The number of aromatic nitrogens is 2. The van der Waals surface area contributed by atoms with Crippen LogP contribution in [0, 0.1) is 10.1 Å². The van der Waals surface area contributed by atoms with Gasteiger partial charge < -0.3 is 4.74 Å². The second-order valence-corrected chi connectivity index (χ2v) is 5.31. The van der Waals surface area contributed by atoms with Crippen LogP contribution < -0.4 is 0 Å². The number of esters is 1. The highest BCUT2D eigenvalue weighted by molar-refractivity contribution is 7.21. The summed E-state index contributed by atoms with van der Waals surface area (Å²) >= 11 is 1.23. The molecule has 8 heteroatoms. The zero-order valence-corrected chi connectivity index (χ0v) is 12.2. The molecule has 0 bridgehead atoms. The third-order valence-electron chi connectivity index (χ3n) is 3.00. The molecule has 2 heterocycles. The largest absolute Gasteiger partial charge is 0.465 e. The number of ether oxygens (including phenoxy) is 1. The molecule has 0 aliphatic heterocycles. The Morgan fingerprint density at radius 3 is 2.86 bits per heavy atom. The fourth-order valence-corrected chi connectivity index (χ4v) is 2.91. The normalized spacial score (nSPS) is 10.6. The van der Waals surface area contributed by atoms with Crippen LogP contribution in [0.1, 0.15) is 10.4 Å². The maximum atomic E-state index is 11.5. The summed E-state index contributed by atoms with van der Waals surface area (Å²) in [4.78, 5) is 31.3. The maximum absolute atomic E-state index is 11.5. The van der Waals surface area contributed by atoms with E-state index in [-0.39, 0.29) is 11.3 Å². The number of nitro groups is 1. The molecule has 3 rings (SSSR count). The zero-order chi connectivity index (χ0) is 15.7. The molecule has 2 aromatic heterocycles. The fourth-order valence-electron chi connectivity index (χ4n) is 1.98. The van der Waals surface area contributed by atoms with Crippen molar-refractivity contribution in [1.29, 1.82) is 0 Å². The van der Waals surface area contributed by atoms with E-state index in [9.17, 15) is 14.9 Å². The molecule has 7 nitrogen and oxygen atoms in total. The summed E-state index contributed by atoms with van der Waals surface area (Å²) in [7, 11) is 1.28. The van der Waals surface area contributed by atoms with E-state index in [4.69, 9.17) is 0 Å². The van der Waals surface area contributed by atoms with Crippen molar-refractivity contribution in [1.82, 2.24) is 9.97 Å². The average Bonchev–Trinajstić information content (AvgIpc) is 2.96. The van der Waals surface area contributed by atoms with Gasteiger partial charge in [0.05, 0.1) is 23.2 Å². The Balaban J connectivity index is 2.13. The predicted molar refractivity (Wildman–Crippen MR) is 80.8 cm³/mol. The monoisotopic (exact) mass is 315 g/mol. The predicted octanol–water partition coefficient (Wildman–Crippen LogP) is 3.05. The first kappa shape index (κ1) is 14.1. The molecule has 110 valence electrons. The lowest BCUT2D eigenvalue weighted by Crippen LogP contribution is -2.01. The van der Waals surface area contributed by atoms with Crippen molar-refractivity contribution >= 4 is 33.3 Å². The lowest BCUT2D eigenvalue weighted by atomic mass is 10.2. The van der Waals surface area contributed by atoms with Gasteiger partial charge in [0, 0.05) is 12.3 Å². The number of hydrogen-bond acceptors (Lipinski definition) is 7. The summed E-state index contributed by atoms with van der Waals surface area (Å²) in [5, 5.41) is 11.6. The van der Waals surface area contributed by atoms with Crippen molar-refractivity contribution < 1.29 is 14.5 Å². The van der Waals surface area contributed by atoms with E-state index in [0.717, 1.165) is 0 Å². The standard InChI is InChI=1S/C14H9N3O4S/c1-21-14(18)8-6-10-13(15-7-8)22-12(16-10)9-4-2-3-5-11(9)17(19)20/h2-7H,1H3. The van der Waals surface area contributed by atoms with Crippen molar-refractivity contribution in [2.75, 3.05) is 7.11 Å². The molecular weight excluding hydrogens is 306 g/mol. The van der Waals surface area contributed by atoms with Crippen LogP contribution in [0.25, 0.3) is 20.9 Å². The minimum Gasteiger partial charge on any atom is -0.465 e. The van der Waals surface area contributed by atoms with Gasteiger partial charge in [-0.05, 0) is 12.1 Å². The lowest BCUT2D eigenvalue weighted by molar-refractivity contribution is -0.384. The second-order valence-electron chi connectivity index (χ2n) is 4.33. The molecule has 0 fully saturated rings. The van der Waals surface area contributed by atoms with E-state index >= 15 is 0 Å². The fraction of sp³-hybridized carbons (Fsp3) is 0.0714. The second kappa shape index (κ2) is 5.49. The quantitative estimate of drug-likeness (QED) is 0.419. The molecule has 0 saturated carbocycles. The Bertz CT molecular complexity index is 891. The van der Waals surface area contributed by atoms with Gasteiger partial charge in [-0.15, -0.1) is 0 Å². The molecule has 0 aliphatic rings. The highest BCUT2D eigenvalue weighted by atomic mass is 32.1. The Hall–Kier alpha value is -2.87. The third kappa shape index (κ3) is 2.40. The zero-order valence-electron chi connectivity index (χ0n) is 11.3. The van der Waals surface area contributed by atoms with Crippen molar-refractivity contribution in [2.24, 2.45) is 0 Å². The van der Waals surface area contributed by atoms with Crippen LogP contribution in [0.2, 0.25) is 0 Å². The van der Waals surface area contributed by atoms with Crippen LogP contribution in [-0.4, -0.2) is 28.0 Å². The Kier molecular flexibility index (Phi) is 3.51. The minimum absolute atomic E-state index is 0.0188. The van der Waals surface area contributed by atoms with E-state index in [1.807, 2.05) is 0 Å². The number of carbonyl (C=O) groups is 1. The number of benzene rings is 1. The van der Waals surface area contributed by atoms with E-state index in [2.05, 4.69) is 14.7 Å². The summed E-state index contributed by atoms with van der Waals surface area (Å²) < 4.78 is 4.63. The van der Waals surface area contributed by atoms with Crippen LogP contribution in [0.15, 0.2) is 36.5 Å². The van der Waals surface area contributed by atoms with Gasteiger partial charge in [0.15, 0.2) is 0 Å². The van der Waals surface area contributed by atoms with Gasteiger partial charge in [0.1, 0.15) is 15.4 Å². The van der Waals surface area contributed by atoms with E-state index in [0.29, 0.717) is 20.9 Å². The van der Waals surface area contributed by atoms with Crippen molar-refractivity contribution in [3.05, 3.63) is 52.2 Å². The molecule has 0 atom stereocenters. The molecule has 0 radical (unpaired) electrons. The number of rotatable bonds is 3. The molecule has 0 N–H and O–H groups in total. The molecule has 0 saturated heterocycles. The van der Waals surface area contributed by atoms with Crippen LogP contribution >= 0.6 is 11.3 Å². The van der Waals surface area contributed by atoms with Crippen molar-refractivity contribution in [3.63, 3.8) is 0 Å².